The summed E-state index contributed by atoms with van der Waals surface area (Å²) in [5.41, 5.74) is 0.865. The smallest absolute Gasteiger partial charge is 0.422 e. The van der Waals surface area contributed by atoms with Gasteiger partial charge in [-0.25, -0.2) is 4.79 Å². The Morgan fingerprint density at radius 1 is 1.13 bits per heavy atom. The molecule has 4 amide bonds. The second-order valence-corrected chi connectivity index (χ2v) is 7.36. The van der Waals surface area contributed by atoms with E-state index < -0.39 is 42.7 Å². The molecule has 1 aliphatic carbocycles. The van der Waals surface area contributed by atoms with Crippen molar-refractivity contribution in [2.45, 2.75) is 24.6 Å². The summed E-state index contributed by atoms with van der Waals surface area (Å²) in [5.74, 6) is -1.10. The number of amides is 4. The van der Waals surface area contributed by atoms with Crippen molar-refractivity contribution in [3.63, 3.8) is 0 Å². The minimum atomic E-state index is -4.45. The fourth-order valence-electron chi connectivity index (χ4n) is 3.88. The largest absolute Gasteiger partial charge is 0.484 e. The highest BCUT2D eigenvalue weighted by atomic mass is 19.4. The fourth-order valence-corrected chi connectivity index (χ4v) is 3.88. The van der Waals surface area contributed by atoms with Crippen LogP contribution in [0.4, 0.5) is 23.7 Å². The molecule has 2 N–H and O–H groups in total. The zero-order valence-corrected chi connectivity index (χ0v) is 16.2. The molecule has 1 aliphatic heterocycles. The van der Waals surface area contributed by atoms with Crippen LogP contribution in [0.2, 0.25) is 0 Å². The van der Waals surface area contributed by atoms with Gasteiger partial charge in [-0.2, -0.15) is 13.2 Å². The molecule has 2 aliphatic rings. The Morgan fingerprint density at radius 2 is 1.84 bits per heavy atom. The maximum Gasteiger partial charge on any atom is 0.422 e. The van der Waals surface area contributed by atoms with E-state index in [1.54, 1.807) is 12.1 Å². The molecule has 1 atom stereocenters. The van der Waals surface area contributed by atoms with Gasteiger partial charge in [0.25, 0.3) is 5.91 Å². The van der Waals surface area contributed by atoms with Crippen LogP contribution < -0.4 is 15.4 Å². The van der Waals surface area contributed by atoms with Crippen LogP contribution in [0.3, 0.4) is 0 Å². The second kappa shape index (κ2) is 7.60. The number of carbonyl (C=O) groups excluding carboxylic acids is 3. The van der Waals surface area contributed by atoms with Crippen LogP contribution in [0.1, 0.15) is 17.5 Å². The number of nitrogens with zero attached hydrogens (tertiary/aromatic N) is 1. The number of urea groups is 1. The lowest BCUT2D eigenvalue weighted by molar-refractivity contribution is -0.153. The van der Waals surface area contributed by atoms with Crippen molar-refractivity contribution in [3.8, 4) is 5.75 Å². The zero-order chi connectivity index (χ0) is 22.2. The van der Waals surface area contributed by atoms with Gasteiger partial charge >= 0.3 is 12.2 Å². The van der Waals surface area contributed by atoms with Crippen LogP contribution >= 0.6 is 0 Å². The van der Waals surface area contributed by atoms with Crippen molar-refractivity contribution in [1.82, 2.24) is 10.2 Å². The third-order valence-corrected chi connectivity index (χ3v) is 5.26. The summed E-state index contributed by atoms with van der Waals surface area (Å²) < 4.78 is 41.2. The standard InChI is InChI=1S/C21H18F3N3O4/c22-21(23,24)12-31-15-7-5-14(6-8-15)25-17(28)11-27-18(29)20(26-19(27)30)10-9-13-3-1-2-4-16(13)20/h1-8H,9-12H2,(H,25,28)(H,26,30). The highest BCUT2D eigenvalue weighted by molar-refractivity contribution is 6.10. The normalized spacial score (nSPS) is 20.0. The van der Waals surface area contributed by atoms with E-state index in [0.717, 1.165) is 16.0 Å². The first-order valence-corrected chi connectivity index (χ1v) is 9.50. The molecule has 0 aromatic heterocycles. The molecule has 0 saturated carbocycles. The van der Waals surface area contributed by atoms with Crippen LogP contribution in [0.15, 0.2) is 48.5 Å². The summed E-state index contributed by atoms with van der Waals surface area (Å²) in [7, 11) is 0. The first-order valence-electron chi connectivity index (χ1n) is 9.50. The molecule has 0 bridgehead atoms. The molecule has 1 spiro atoms. The first-order chi connectivity index (χ1) is 14.7. The lowest BCUT2D eigenvalue weighted by Gasteiger charge is -2.22. The second-order valence-electron chi connectivity index (χ2n) is 7.36. The van der Waals surface area contributed by atoms with Crippen LogP contribution in [0, 0.1) is 0 Å². The predicted molar refractivity (Wildman–Crippen MR) is 103 cm³/mol. The van der Waals surface area contributed by atoms with E-state index in [2.05, 4.69) is 15.4 Å². The minimum absolute atomic E-state index is 0.00809. The molecular weight excluding hydrogens is 415 g/mol. The van der Waals surface area contributed by atoms with E-state index >= 15 is 0 Å². The third-order valence-electron chi connectivity index (χ3n) is 5.26. The predicted octanol–water partition coefficient (Wildman–Crippen LogP) is 2.96. The fraction of sp³-hybridized carbons (Fsp3) is 0.286. The van der Waals surface area contributed by atoms with E-state index in [1.807, 2.05) is 12.1 Å². The SMILES string of the molecule is O=C(CN1C(=O)NC2(CCc3ccccc32)C1=O)Nc1ccc(OCC(F)(F)F)cc1. The van der Waals surface area contributed by atoms with E-state index in [0.29, 0.717) is 12.8 Å². The summed E-state index contributed by atoms with van der Waals surface area (Å²) in [4.78, 5) is 38.7. The number of halogens is 3. The lowest BCUT2D eigenvalue weighted by Crippen LogP contribution is -2.42. The Hall–Kier alpha value is -3.56. The number of hydrogen-bond donors (Lipinski definition) is 2. The van der Waals surface area contributed by atoms with Gasteiger partial charge in [0.15, 0.2) is 6.61 Å². The molecule has 162 valence electrons. The van der Waals surface area contributed by atoms with Crippen molar-refractivity contribution in [2.75, 3.05) is 18.5 Å². The molecule has 10 heteroatoms. The summed E-state index contributed by atoms with van der Waals surface area (Å²) in [6.45, 7) is -1.91. The number of alkyl halides is 3. The number of aryl methyl sites for hydroxylation is 1. The van der Waals surface area contributed by atoms with Gasteiger partial charge < -0.3 is 15.4 Å². The molecule has 0 radical (unpaired) electrons. The third kappa shape index (κ3) is 4.05. The van der Waals surface area contributed by atoms with Crippen molar-refractivity contribution < 1.29 is 32.3 Å². The molecule has 1 fully saturated rings. The monoisotopic (exact) mass is 433 g/mol. The first kappa shape index (κ1) is 20.7. The Bertz CT molecular complexity index is 1040. The van der Waals surface area contributed by atoms with E-state index in [4.69, 9.17) is 0 Å². The minimum Gasteiger partial charge on any atom is -0.484 e. The van der Waals surface area contributed by atoms with E-state index in [-0.39, 0.29) is 11.4 Å². The highest BCUT2D eigenvalue weighted by Crippen LogP contribution is 2.41. The van der Waals surface area contributed by atoms with Gasteiger partial charge in [-0.15, -0.1) is 0 Å². The molecule has 1 saturated heterocycles. The average molecular weight is 433 g/mol. The summed E-state index contributed by atoms with van der Waals surface area (Å²) in [5, 5.41) is 5.25. The summed E-state index contributed by atoms with van der Waals surface area (Å²) in [6.07, 6.45) is -3.38. The van der Waals surface area contributed by atoms with Crippen molar-refractivity contribution >= 4 is 23.5 Å². The Labute approximate surface area is 175 Å². The van der Waals surface area contributed by atoms with Gasteiger partial charge in [0.05, 0.1) is 0 Å². The Morgan fingerprint density at radius 3 is 2.55 bits per heavy atom. The average Bonchev–Trinajstić information content (AvgIpc) is 3.20. The van der Waals surface area contributed by atoms with Crippen molar-refractivity contribution in [1.29, 1.82) is 0 Å². The van der Waals surface area contributed by atoms with Gasteiger partial charge in [0.2, 0.25) is 5.91 Å². The van der Waals surface area contributed by atoms with Crippen LogP contribution in [0.5, 0.6) is 5.75 Å². The topological polar surface area (TPSA) is 87.7 Å². The Kier molecular flexibility index (Phi) is 5.08. The van der Waals surface area contributed by atoms with Gasteiger partial charge in [0, 0.05) is 5.69 Å². The number of rotatable bonds is 5. The van der Waals surface area contributed by atoms with Crippen molar-refractivity contribution in [2.24, 2.45) is 0 Å². The quantitative estimate of drug-likeness (QED) is 0.710. The Balaban J connectivity index is 1.39. The summed E-state index contributed by atoms with van der Waals surface area (Å²) >= 11 is 0. The number of ether oxygens (including phenoxy) is 1. The van der Waals surface area contributed by atoms with Crippen LogP contribution in [-0.2, 0) is 21.5 Å². The van der Waals surface area contributed by atoms with Gasteiger partial charge in [-0.1, -0.05) is 24.3 Å². The molecule has 2 aromatic rings. The van der Waals surface area contributed by atoms with Crippen molar-refractivity contribution in [3.05, 3.63) is 59.7 Å². The van der Waals surface area contributed by atoms with Crippen LogP contribution in [-0.4, -0.2) is 42.1 Å². The van der Waals surface area contributed by atoms with Crippen LogP contribution in [0.25, 0.3) is 0 Å². The maximum atomic E-state index is 13.0. The number of anilines is 1. The number of nitrogens with one attached hydrogen (secondary N) is 2. The summed E-state index contributed by atoms with van der Waals surface area (Å²) in [6, 6.07) is 12.0. The number of benzene rings is 2. The number of fused-ring (bicyclic) bond motifs is 2. The van der Waals surface area contributed by atoms with Gasteiger partial charge in [-0.3, -0.25) is 14.5 Å². The maximum absolute atomic E-state index is 13.0. The molecule has 4 rings (SSSR count). The molecule has 1 heterocycles. The molecule has 2 aromatic carbocycles. The van der Waals surface area contributed by atoms with E-state index in [1.165, 1.54) is 24.3 Å². The number of hydrogen-bond acceptors (Lipinski definition) is 4. The highest BCUT2D eigenvalue weighted by Gasteiger charge is 2.55. The molecule has 7 nitrogen and oxygen atoms in total. The van der Waals surface area contributed by atoms with Gasteiger partial charge in [-0.05, 0) is 48.2 Å². The number of imide groups is 1. The molecular formula is C21H18F3N3O4. The zero-order valence-electron chi connectivity index (χ0n) is 16.2. The number of carbonyl (C=O) groups is 3. The van der Waals surface area contributed by atoms with Gasteiger partial charge in [0.1, 0.15) is 17.8 Å². The van der Waals surface area contributed by atoms with E-state index in [9.17, 15) is 27.6 Å². The molecule has 1 unspecified atom stereocenters. The lowest BCUT2D eigenvalue weighted by atomic mass is 9.92. The molecule has 31 heavy (non-hydrogen) atoms.